The fraction of sp³-hybridized carbons (Fsp3) is 0.500. The molecule has 0 saturated heterocycles. The lowest BCUT2D eigenvalue weighted by Gasteiger charge is -1.95. The van der Waals surface area contributed by atoms with Crippen molar-refractivity contribution in [3.8, 4) is 0 Å². The van der Waals surface area contributed by atoms with Gasteiger partial charge >= 0.3 is 11.9 Å². The summed E-state index contributed by atoms with van der Waals surface area (Å²) in [5.74, 6) is -2.10. The van der Waals surface area contributed by atoms with E-state index < -0.39 is 11.9 Å². The van der Waals surface area contributed by atoms with Crippen molar-refractivity contribution in [3.05, 3.63) is 0 Å². The van der Waals surface area contributed by atoms with Gasteiger partial charge in [-0.2, -0.15) is 0 Å². The number of carboxylic acid groups (broad SMARTS) is 2. The van der Waals surface area contributed by atoms with Gasteiger partial charge in [-0.1, -0.05) is 11.9 Å². The van der Waals surface area contributed by atoms with E-state index in [1.807, 2.05) is 0 Å². The number of carbonyl (C=O) groups is 2. The van der Waals surface area contributed by atoms with Gasteiger partial charge in [0.2, 0.25) is 0 Å². The Morgan fingerprint density at radius 1 is 1.30 bits per heavy atom. The molecule has 0 aromatic carbocycles. The molecule has 58 valence electrons. The van der Waals surface area contributed by atoms with Crippen molar-refractivity contribution >= 4 is 23.9 Å². The Hall–Kier alpha value is -0.750. The number of hydrogen-bond donors (Lipinski definition) is 3. The summed E-state index contributed by atoms with van der Waals surface area (Å²) in [6, 6.07) is 0. The quantitative estimate of drug-likeness (QED) is 0.372. The topological polar surface area (TPSA) is 86.6 Å². The number of aliphatic carboxylic acids is 2. The molecule has 0 atom stereocenters. The minimum absolute atomic E-state index is 0.132. The van der Waals surface area contributed by atoms with Crippen molar-refractivity contribution in [1.82, 2.24) is 4.72 Å². The third-order valence-corrected chi connectivity index (χ3v) is 1.26. The number of rotatable bonds is 5. The van der Waals surface area contributed by atoms with Crippen LogP contribution in [0, 0.1) is 0 Å². The van der Waals surface area contributed by atoms with Crippen molar-refractivity contribution in [2.24, 2.45) is 0 Å². The van der Waals surface area contributed by atoms with E-state index in [0.717, 1.165) is 11.9 Å². The Balaban J connectivity index is 3.06. The van der Waals surface area contributed by atoms with Gasteiger partial charge in [-0.25, -0.2) is 0 Å². The first-order chi connectivity index (χ1) is 4.63. The third-order valence-electron chi connectivity index (χ3n) is 0.521. The monoisotopic (exact) mass is 165 g/mol. The number of nitrogens with one attached hydrogen (secondary N) is 1. The Morgan fingerprint density at radius 2 is 1.90 bits per heavy atom. The molecule has 6 heteroatoms. The van der Waals surface area contributed by atoms with Crippen LogP contribution in [0.2, 0.25) is 0 Å². The first-order valence-electron chi connectivity index (χ1n) is 2.41. The second-order valence-electron chi connectivity index (χ2n) is 1.40. The molecule has 10 heavy (non-hydrogen) atoms. The zero-order chi connectivity index (χ0) is 7.98. The summed E-state index contributed by atoms with van der Waals surface area (Å²) in [6.45, 7) is -0.224. The van der Waals surface area contributed by atoms with E-state index in [1.165, 1.54) is 0 Å². The molecule has 3 N–H and O–H groups in total. The van der Waals surface area contributed by atoms with E-state index in [1.54, 1.807) is 0 Å². The fourth-order valence-corrected chi connectivity index (χ4v) is 0.677. The Morgan fingerprint density at radius 3 is 2.30 bits per heavy atom. The first kappa shape index (κ1) is 9.25. The van der Waals surface area contributed by atoms with Gasteiger partial charge in [-0.05, 0) is 0 Å². The predicted octanol–water partition coefficient (Wildman–Crippen LogP) is -0.607. The summed E-state index contributed by atoms with van der Waals surface area (Å²) >= 11 is 0.859. The Kier molecular flexibility index (Phi) is 4.69. The molecule has 0 amide bonds. The standard InChI is InChI=1S/C4H7NO4S/c6-3(7)1-5-10-2-4(8)9/h5H,1-2H2,(H,6,7)(H,8,9). The SMILES string of the molecule is O=C(O)CNSCC(=O)O. The molecular formula is C4H7NO4S. The fourth-order valence-electron chi connectivity index (χ4n) is 0.226. The average Bonchev–Trinajstić information content (AvgIpc) is 1.79. The van der Waals surface area contributed by atoms with Crippen LogP contribution in [-0.4, -0.2) is 34.4 Å². The van der Waals surface area contributed by atoms with E-state index >= 15 is 0 Å². The summed E-state index contributed by atoms with van der Waals surface area (Å²) in [5.41, 5.74) is 0. The molecule has 0 aliphatic heterocycles. The highest BCUT2D eigenvalue weighted by molar-refractivity contribution is 7.98. The van der Waals surface area contributed by atoms with E-state index in [0.29, 0.717) is 0 Å². The van der Waals surface area contributed by atoms with Gasteiger partial charge < -0.3 is 10.2 Å². The molecule has 0 radical (unpaired) electrons. The molecule has 0 spiro atoms. The molecule has 0 aliphatic rings. The predicted molar refractivity (Wildman–Crippen MR) is 35.7 cm³/mol. The molecule has 0 aromatic heterocycles. The van der Waals surface area contributed by atoms with E-state index in [4.69, 9.17) is 10.2 Å². The van der Waals surface area contributed by atoms with Crippen molar-refractivity contribution < 1.29 is 19.8 Å². The molecular weight excluding hydrogens is 158 g/mol. The van der Waals surface area contributed by atoms with E-state index in [-0.39, 0.29) is 12.3 Å². The van der Waals surface area contributed by atoms with Gasteiger partial charge in [0, 0.05) is 0 Å². The van der Waals surface area contributed by atoms with E-state index in [2.05, 4.69) is 4.72 Å². The largest absolute Gasteiger partial charge is 0.481 e. The molecule has 5 nitrogen and oxygen atoms in total. The molecule has 0 saturated carbocycles. The Bertz CT molecular complexity index is 121. The average molecular weight is 165 g/mol. The van der Waals surface area contributed by atoms with Crippen LogP contribution in [0.25, 0.3) is 0 Å². The van der Waals surface area contributed by atoms with Crippen LogP contribution < -0.4 is 4.72 Å². The maximum absolute atomic E-state index is 9.84. The highest BCUT2D eigenvalue weighted by atomic mass is 32.2. The molecule has 0 unspecified atom stereocenters. The smallest absolute Gasteiger partial charge is 0.318 e. The first-order valence-corrected chi connectivity index (χ1v) is 3.39. The van der Waals surface area contributed by atoms with Crippen LogP contribution in [0.1, 0.15) is 0 Å². The molecule has 0 aromatic rings. The summed E-state index contributed by atoms with van der Waals surface area (Å²) in [5, 5.41) is 16.1. The minimum Gasteiger partial charge on any atom is -0.481 e. The van der Waals surface area contributed by atoms with Crippen LogP contribution in [0.5, 0.6) is 0 Å². The lowest BCUT2D eigenvalue weighted by Crippen LogP contribution is -2.17. The highest BCUT2D eigenvalue weighted by Gasteiger charge is 1.98. The normalized spacial score (nSPS) is 9.20. The molecule has 0 bridgehead atoms. The second-order valence-corrected chi connectivity index (χ2v) is 2.26. The van der Waals surface area contributed by atoms with Crippen molar-refractivity contribution in [3.63, 3.8) is 0 Å². The molecule has 0 rings (SSSR count). The van der Waals surface area contributed by atoms with Gasteiger partial charge in [0.1, 0.15) is 12.3 Å². The number of carboxylic acids is 2. The molecule has 0 fully saturated rings. The maximum atomic E-state index is 9.84. The summed E-state index contributed by atoms with van der Waals surface area (Å²) in [4.78, 5) is 19.7. The molecule has 0 aliphatic carbocycles. The van der Waals surface area contributed by atoms with Crippen LogP contribution in [0.15, 0.2) is 0 Å². The highest BCUT2D eigenvalue weighted by Crippen LogP contribution is 1.89. The zero-order valence-corrected chi connectivity index (χ0v) is 5.85. The van der Waals surface area contributed by atoms with E-state index in [9.17, 15) is 9.59 Å². The van der Waals surface area contributed by atoms with Crippen molar-refractivity contribution in [2.45, 2.75) is 0 Å². The Labute approximate surface area is 61.6 Å². The minimum atomic E-state index is -1.00. The number of hydrogen-bond acceptors (Lipinski definition) is 4. The van der Waals surface area contributed by atoms with Crippen LogP contribution in [0.3, 0.4) is 0 Å². The maximum Gasteiger partial charge on any atom is 0.318 e. The van der Waals surface area contributed by atoms with Crippen molar-refractivity contribution in [2.75, 3.05) is 12.3 Å². The summed E-state index contributed by atoms with van der Waals surface area (Å²) in [7, 11) is 0. The van der Waals surface area contributed by atoms with Crippen LogP contribution in [0.4, 0.5) is 0 Å². The van der Waals surface area contributed by atoms with Crippen molar-refractivity contribution in [1.29, 1.82) is 0 Å². The third kappa shape index (κ3) is 7.25. The lowest BCUT2D eigenvalue weighted by molar-refractivity contribution is -0.136. The van der Waals surface area contributed by atoms with Gasteiger partial charge in [0.15, 0.2) is 0 Å². The lowest BCUT2D eigenvalue weighted by atomic mass is 10.7. The molecule has 0 heterocycles. The summed E-state index contributed by atoms with van der Waals surface area (Å²) in [6.07, 6.45) is 0. The van der Waals surface area contributed by atoms with Gasteiger partial charge in [-0.3, -0.25) is 14.3 Å². The summed E-state index contributed by atoms with van der Waals surface area (Å²) < 4.78 is 2.35. The van der Waals surface area contributed by atoms with Crippen LogP contribution in [-0.2, 0) is 9.59 Å². The second kappa shape index (κ2) is 5.07. The van der Waals surface area contributed by atoms with Gasteiger partial charge in [0.25, 0.3) is 0 Å². The van der Waals surface area contributed by atoms with Gasteiger partial charge in [-0.15, -0.1) is 0 Å². The van der Waals surface area contributed by atoms with Crippen LogP contribution >= 0.6 is 11.9 Å². The zero-order valence-electron chi connectivity index (χ0n) is 5.03. The van der Waals surface area contributed by atoms with Gasteiger partial charge in [0.05, 0.1) is 0 Å².